The van der Waals surface area contributed by atoms with E-state index in [1.54, 1.807) is 49.6 Å². The maximum Gasteiger partial charge on any atom is 0.300 e. The van der Waals surface area contributed by atoms with Gasteiger partial charge in [0.05, 0.1) is 24.3 Å². The lowest BCUT2D eigenvalue weighted by atomic mass is 9.98. The second-order valence-corrected chi connectivity index (χ2v) is 8.77. The van der Waals surface area contributed by atoms with E-state index < -0.39 is 17.7 Å². The average Bonchev–Trinajstić information content (AvgIpc) is 3.35. The monoisotopic (exact) mass is 483 g/mol. The van der Waals surface area contributed by atoms with Gasteiger partial charge in [-0.3, -0.25) is 14.5 Å². The molecule has 0 saturated carbocycles. The molecule has 1 fully saturated rings. The Bertz CT molecular complexity index is 1250. The van der Waals surface area contributed by atoms with Crippen molar-refractivity contribution in [3.05, 3.63) is 80.5 Å². The summed E-state index contributed by atoms with van der Waals surface area (Å²) >= 11 is 7.61. The summed E-state index contributed by atoms with van der Waals surface area (Å²) in [5, 5.41) is 13.5. The van der Waals surface area contributed by atoms with Gasteiger partial charge in [0.2, 0.25) is 0 Å². The highest BCUT2D eigenvalue weighted by Crippen LogP contribution is 2.45. The third kappa shape index (κ3) is 4.10. The second-order valence-electron chi connectivity index (χ2n) is 7.41. The molecule has 33 heavy (non-hydrogen) atoms. The van der Waals surface area contributed by atoms with E-state index in [1.165, 1.54) is 16.2 Å². The second kappa shape index (κ2) is 9.29. The van der Waals surface area contributed by atoms with Gasteiger partial charge in [0.25, 0.3) is 11.7 Å². The number of aliphatic hydroxyl groups excluding tert-OH is 1. The molecule has 1 amide bonds. The molecule has 1 aliphatic heterocycles. The molecule has 3 aromatic rings. The molecule has 1 unspecified atom stereocenters. The first-order valence-electron chi connectivity index (χ1n) is 10.3. The van der Waals surface area contributed by atoms with Crippen molar-refractivity contribution >= 4 is 46.1 Å². The largest absolute Gasteiger partial charge is 0.507 e. The third-order valence-electron chi connectivity index (χ3n) is 5.45. The van der Waals surface area contributed by atoms with Gasteiger partial charge in [-0.15, -0.1) is 11.3 Å². The van der Waals surface area contributed by atoms with Crippen LogP contribution in [0, 0.1) is 6.92 Å². The summed E-state index contributed by atoms with van der Waals surface area (Å²) in [4.78, 5) is 28.7. The van der Waals surface area contributed by atoms with Gasteiger partial charge in [-0.1, -0.05) is 11.6 Å². The van der Waals surface area contributed by atoms with Gasteiger partial charge in [-0.05, 0) is 73.3 Å². The Labute approximate surface area is 200 Å². The van der Waals surface area contributed by atoms with Gasteiger partial charge in [0, 0.05) is 16.1 Å². The first kappa shape index (κ1) is 22.9. The Morgan fingerprint density at radius 1 is 1.15 bits per heavy atom. The SMILES string of the molecule is CCOc1cc(/C(O)=C2/C(=O)C(=O)N(c3ccc(OC)cc3)C2c2sccc2C)ccc1Cl. The van der Waals surface area contributed by atoms with Crippen LogP contribution in [-0.4, -0.2) is 30.5 Å². The van der Waals surface area contributed by atoms with Gasteiger partial charge in [-0.25, -0.2) is 0 Å². The molecule has 0 radical (unpaired) electrons. The summed E-state index contributed by atoms with van der Waals surface area (Å²) in [7, 11) is 1.55. The minimum atomic E-state index is -0.774. The molecule has 0 aliphatic carbocycles. The number of amides is 1. The van der Waals surface area contributed by atoms with E-state index in [1.807, 2.05) is 25.3 Å². The Hall–Kier alpha value is -3.29. The van der Waals surface area contributed by atoms with E-state index >= 15 is 0 Å². The molecule has 2 aromatic carbocycles. The highest BCUT2D eigenvalue weighted by Gasteiger charge is 2.48. The number of halogens is 1. The molecule has 170 valence electrons. The summed E-state index contributed by atoms with van der Waals surface area (Å²) in [6.45, 7) is 4.12. The van der Waals surface area contributed by atoms with Crippen LogP contribution in [0.15, 0.2) is 59.5 Å². The number of thiophene rings is 1. The molecule has 0 spiro atoms. The average molecular weight is 484 g/mol. The fraction of sp³-hybridized carbons (Fsp3) is 0.200. The quantitative estimate of drug-likeness (QED) is 0.275. The van der Waals surface area contributed by atoms with Crippen molar-refractivity contribution < 1.29 is 24.2 Å². The van der Waals surface area contributed by atoms with E-state index in [4.69, 9.17) is 21.1 Å². The lowest BCUT2D eigenvalue weighted by molar-refractivity contribution is -0.132. The molecule has 1 atom stereocenters. The van der Waals surface area contributed by atoms with Crippen molar-refractivity contribution in [2.75, 3.05) is 18.6 Å². The number of rotatable bonds is 6. The summed E-state index contributed by atoms with van der Waals surface area (Å²) in [6.07, 6.45) is 0. The first-order chi connectivity index (χ1) is 15.9. The topological polar surface area (TPSA) is 76.1 Å². The lowest BCUT2D eigenvalue weighted by Crippen LogP contribution is -2.29. The third-order valence-corrected chi connectivity index (χ3v) is 6.83. The number of hydrogen-bond donors (Lipinski definition) is 1. The molecule has 8 heteroatoms. The van der Waals surface area contributed by atoms with Gasteiger partial charge in [0.15, 0.2) is 0 Å². The van der Waals surface area contributed by atoms with Crippen LogP contribution >= 0.6 is 22.9 Å². The smallest absolute Gasteiger partial charge is 0.300 e. The molecule has 6 nitrogen and oxygen atoms in total. The fourth-order valence-electron chi connectivity index (χ4n) is 3.83. The Morgan fingerprint density at radius 2 is 1.88 bits per heavy atom. The van der Waals surface area contributed by atoms with E-state index in [-0.39, 0.29) is 11.3 Å². The summed E-state index contributed by atoms with van der Waals surface area (Å²) in [5.74, 6) is -0.729. The van der Waals surface area contributed by atoms with Gasteiger partial charge >= 0.3 is 0 Å². The number of carbonyl (C=O) groups is 2. The summed E-state index contributed by atoms with van der Waals surface area (Å²) in [5.41, 5.74) is 1.81. The Balaban J connectivity index is 1.91. The highest BCUT2D eigenvalue weighted by atomic mass is 35.5. The van der Waals surface area contributed by atoms with Crippen LogP contribution in [0.1, 0.15) is 29.0 Å². The zero-order valence-electron chi connectivity index (χ0n) is 18.3. The van der Waals surface area contributed by atoms with Crippen molar-refractivity contribution in [3.8, 4) is 11.5 Å². The van der Waals surface area contributed by atoms with Crippen molar-refractivity contribution in [2.24, 2.45) is 0 Å². The van der Waals surface area contributed by atoms with E-state index in [0.29, 0.717) is 34.4 Å². The standard InChI is InChI=1S/C25H22ClNO5S/c1-4-32-19-13-15(5-10-18(19)26)22(28)20-21(24-14(2)11-12-33-24)27(25(30)23(20)29)16-6-8-17(31-3)9-7-16/h5-13,21,28H,4H2,1-3H3/b22-20-. The molecule has 1 N–H and O–H groups in total. The number of anilines is 1. The Kier molecular flexibility index (Phi) is 6.44. The number of carbonyl (C=O) groups excluding carboxylic acids is 2. The maximum atomic E-state index is 13.2. The molecular weight excluding hydrogens is 462 g/mol. The maximum absolute atomic E-state index is 13.2. The number of ether oxygens (including phenoxy) is 2. The molecule has 2 heterocycles. The van der Waals surface area contributed by atoms with E-state index in [2.05, 4.69) is 0 Å². The number of hydrogen-bond acceptors (Lipinski definition) is 6. The van der Waals surface area contributed by atoms with Crippen LogP contribution in [0.5, 0.6) is 11.5 Å². The van der Waals surface area contributed by atoms with Crippen molar-refractivity contribution in [1.29, 1.82) is 0 Å². The van der Waals surface area contributed by atoms with Crippen LogP contribution < -0.4 is 14.4 Å². The van der Waals surface area contributed by atoms with Gasteiger partial charge in [0.1, 0.15) is 23.3 Å². The highest BCUT2D eigenvalue weighted by molar-refractivity contribution is 7.10. The molecule has 1 aliphatic rings. The molecule has 0 bridgehead atoms. The number of benzene rings is 2. The molecular formula is C25H22ClNO5S. The molecule has 1 aromatic heterocycles. The molecule has 1 saturated heterocycles. The minimum absolute atomic E-state index is 0.0196. The minimum Gasteiger partial charge on any atom is -0.507 e. The van der Waals surface area contributed by atoms with Crippen LogP contribution in [0.3, 0.4) is 0 Å². The lowest BCUT2D eigenvalue weighted by Gasteiger charge is -2.25. The number of nitrogens with zero attached hydrogens (tertiary/aromatic N) is 1. The fourth-order valence-corrected chi connectivity index (χ4v) is 5.02. The van der Waals surface area contributed by atoms with Crippen LogP contribution in [0.25, 0.3) is 5.76 Å². The zero-order valence-corrected chi connectivity index (χ0v) is 19.9. The number of ketones is 1. The van der Waals surface area contributed by atoms with Crippen LogP contribution in [-0.2, 0) is 9.59 Å². The summed E-state index contributed by atoms with van der Waals surface area (Å²) in [6, 6.07) is 12.8. The van der Waals surface area contributed by atoms with Gasteiger partial charge in [-0.2, -0.15) is 0 Å². The predicted octanol–water partition coefficient (Wildman–Crippen LogP) is 5.74. The van der Waals surface area contributed by atoms with Crippen molar-refractivity contribution in [2.45, 2.75) is 19.9 Å². The predicted molar refractivity (Wildman–Crippen MR) is 129 cm³/mol. The number of methoxy groups -OCH3 is 1. The normalized spacial score (nSPS) is 17.5. The molecule has 4 rings (SSSR count). The zero-order chi connectivity index (χ0) is 23.7. The number of aryl methyl sites for hydroxylation is 1. The number of Topliss-reactive ketones (excluding diaryl/α,β-unsaturated/α-hetero) is 1. The van der Waals surface area contributed by atoms with E-state index in [0.717, 1.165) is 10.4 Å². The van der Waals surface area contributed by atoms with Crippen molar-refractivity contribution in [1.82, 2.24) is 0 Å². The number of aliphatic hydroxyl groups is 1. The van der Waals surface area contributed by atoms with E-state index in [9.17, 15) is 14.7 Å². The first-order valence-corrected chi connectivity index (χ1v) is 11.5. The van der Waals surface area contributed by atoms with Crippen LogP contribution in [0.4, 0.5) is 5.69 Å². The van der Waals surface area contributed by atoms with Gasteiger partial charge < -0.3 is 14.6 Å². The van der Waals surface area contributed by atoms with Crippen molar-refractivity contribution in [3.63, 3.8) is 0 Å². The van der Waals surface area contributed by atoms with Crippen LogP contribution in [0.2, 0.25) is 5.02 Å². The summed E-state index contributed by atoms with van der Waals surface area (Å²) < 4.78 is 10.7. The Morgan fingerprint density at radius 3 is 2.48 bits per heavy atom.